The third-order valence-corrected chi connectivity index (χ3v) is 4.23. The van der Waals surface area contributed by atoms with Crippen LogP contribution in [0, 0.1) is 0 Å². The topological polar surface area (TPSA) is 66.8 Å². The number of hydrogen-bond donors (Lipinski definition) is 1. The zero-order chi connectivity index (χ0) is 13.8. The van der Waals surface area contributed by atoms with E-state index in [0.29, 0.717) is 24.4 Å². The molecule has 5 nitrogen and oxygen atoms in total. The van der Waals surface area contributed by atoms with Crippen LogP contribution in [0.3, 0.4) is 0 Å². The monoisotopic (exact) mass is 283 g/mol. The number of carbonyl (C=O) groups is 2. The van der Waals surface area contributed by atoms with Gasteiger partial charge in [-0.2, -0.15) is 0 Å². The fraction of sp³-hybridized carbons (Fsp3) is 0.538. The van der Waals surface area contributed by atoms with Crippen LogP contribution >= 0.6 is 11.3 Å². The second-order valence-electron chi connectivity index (χ2n) is 4.56. The van der Waals surface area contributed by atoms with Gasteiger partial charge in [0, 0.05) is 19.2 Å². The zero-order valence-corrected chi connectivity index (χ0v) is 11.6. The van der Waals surface area contributed by atoms with E-state index in [1.54, 1.807) is 7.11 Å². The molecule has 1 amide bonds. The number of thiophene rings is 1. The first kappa shape index (κ1) is 14.0. The maximum absolute atomic E-state index is 12.5. The van der Waals surface area contributed by atoms with Crippen LogP contribution in [0.15, 0.2) is 11.4 Å². The van der Waals surface area contributed by atoms with E-state index in [9.17, 15) is 14.7 Å². The minimum atomic E-state index is -0.919. The van der Waals surface area contributed by atoms with Gasteiger partial charge in [0.25, 0.3) is 5.91 Å². The summed E-state index contributed by atoms with van der Waals surface area (Å²) in [5.74, 6) is -1.10. The minimum Gasteiger partial charge on any atom is -0.480 e. The number of carboxylic acid groups (broad SMARTS) is 1. The summed E-state index contributed by atoms with van der Waals surface area (Å²) >= 11 is 1.34. The van der Waals surface area contributed by atoms with E-state index in [1.165, 1.54) is 16.2 Å². The van der Waals surface area contributed by atoms with Gasteiger partial charge >= 0.3 is 5.97 Å². The number of carbonyl (C=O) groups excluding carboxylic acids is 1. The number of hydrogen-bond acceptors (Lipinski definition) is 4. The van der Waals surface area contributed by atoms with Crippen molar-refractivity contribution >= 4 is 23.2 Å². The van der Waals surface area contributed by atoms with Gasteiger partial charge in [0.1, 0.15) is 6.04 Å². The molecular formula is C13H17NO4S. The predicted molar refractivity (Wildman–Crippen MR) is 71.3 cm³/mol. The summed E-state index contributed by atoms with van der Waals surface area (Å²) in [4.78, 5) is 25.8. The lowest BCUT2D eigenvalue weighted by molar-refractivity contribution is -0.143. The molecule has 0 radical (unpaired) electrons. The molecule has 19 heavy (non-hydrogen) atoms. The summed E-state index contributed by atoms with van der Waals surface area (Å²) in [6.45, 7) is 0.885. The quantitative estimate of drug-likeness (QED) is 0.917. The smallest absolute Gasteiger partial charge is 0.326 e. The molecule has 104 valence electrons. The van der Waals surface area contributed by atoms with Gasteiger partial charge in [0.05, 0.1) is 11.5 Å². The molecule has 1 atom stereocenters. The van der Waals surface area contributed by atoms with E-state index in [4.69, 9.17) is 4.74 Å². The van der Waals surface area contributed by atoms with Crippen molar-refractivity contribution in [3.63, 3.8) is 0 Å². The van der Waals surface area contributed by atoms with Gasteiger partial charge in [-0.15, -0.1) is 11.3 Å². The molecule has 1 aliphatic heterocycles. The van der Waals surface area contributed by atoms with Gasteiger partial charge in [-0.25, -0.2) is 4.79 Å². The highest BCUT2D eigenvalue weighted by Gasteiger charge is 2.33. The number of ether oxygens (including phenoxy) is 1. The number of methoxy groups -OCH3 is 1. The van der Waals surface area contributed by atoms with Gasteiger partial charge in [-0.1, -0.05) is 0 Å². The van der Waals surface area contributed by atoms with Crippen LogP contribution < -0.4 is 0 Å². The molecule has 0 aliphatic carbocycles. The van der Waals surface area contributed by atoms with Crippen LogP contribution in [0.2, 0.25) is 0 Å². The van der Waals surface area contributed by atoms with Gasteiger partial charge in [0.2, 0.25) is 0 Å². The zero-order valence-electron chi connectivity index (χ0n) is 10.8. The highest BCUT2D eigenvalue weighted by molar-refractivity contribution is 7.12. The molecule has 1 N–H and O–H groups in total. The Labute approximate surface area is 115 Å². The fourth-order valence-corrected chi connectivity index (χ4v) is 3.22. The first-order valence-electron chi connectivity index (χ1n) is 6.24. The van der Waals surface area contributed by atoms with Crippen molar-refractivity contribution in [2.75, 3.05) is 13.7 Å². The molecule has 1 aromatic rings. The molecule has 1 aromatic heterocycles. The van der Waals surface area contributed by atoms with Crippen molar-refractivity contribution in [3.8, 4) is 0 Å². The summed E-state index contributed by atoms with van der Waals surface area (Å²) in [6.07, 6.45) is 2.25. The van der Waals surface area contributed by atoms with Crippen LogP contribution in [0.5, 0.6) is 0 Å². The number of carboxylic acids is 1. The van der Waals surface area contributed by atoms with E-state index in [0.717, 1.165) is 18.4 Å². The number of nitrogens with zero attached hydrogens (tertiary/aromatic N) is 1. The molecule has 1 aliphatic rings. The summed E-state index contributed by atoms with van der Waals surface area (Å²) in [7, 11) is 1.58. The van der Waals surface area contributed by atoms with Gasteiger partial charge in [0.15, 0.2) is 0 Å². The number of aliphatic carboxylic acids is 1. The normalized spacial score (nSPS) is 19.4. The SMILES string of the molecule is COCc1ccsc1C(=O)N1CCCC[C@@H]1C(=O)O. The van der Waals surface area contributed by atoms with Crippen molar-refractivity contribution in [3.05, 3.63) is 21.9 Å². The Bertz CT molecular complexity index is 471. The van der Waals surface area contributed by atoms with Crippen molar-refractivity contribution in [2.24, 2.45) is 0 Å². The second-order valence-corrected chi connectivity index (χ2v) is 5.47. The van der Waals surface area contributed by atoms with E-state index in [-0.39, 0.29) is 5.91 Å². The molecule has 2 heterocycles. The van der Waals surface area contributed by atoms with Gasteiger partial charge in [-0.3, -0.25) is 4.79 Å². The molecule has 2 rings (SSSR count). The third kappa shape index (κ3) is 2.96. The highest BCUT2D eigenvalue weighted by atomic mass is 32.1. The van der Waals surface area contributed by atoms with E-state index >= 15 is 0 Å². The molecule has 0 bridgehead atoms. The van der Waals surface area contributed by atoms with E-state index < -0.39 is 12.0 Å². The van der Waals surface area contributed by atoms with Crippen LogP contribution in [-0.4, -0.2) is 41.6 Å². The first-order chi connectivity index (χ1) is 9.15. The van der Waals surface area contributed by atoms with Crippen molar-refractivity contribution < 1.29 is 19.4 Å². The maximum Gasteiger partial charge on any atom is 0.326 e. The van der Waals surface area contributed by atoms with Crippen molar-refractivity contribution in [2.45, 2.75) is 31.9 Å². The van der Waals surface area contributed by atoms with E-state index in [1.807, 2.05) is 11.4 Å². The lowest BCUT2D eigenvalue weighted by atomic mass is 10.0. The Morgan fingerprint density at radius 2 is 2.32 bits per heavy atom. The minimum absolute atomic E-state index is 0.186. The van der Waals surface area contributed by atoms with Crippen LogP contribution in [0.4, 0.5) is 0 Å². The Morgan fingerprint density at radius 3 is 3.00 bits per heavy atom. The van der Waals surface area contributed by atoms with Crippen molar-refractivity contribution in [1.29, 1.82) is 0 Å². The third-order valence-electron chi connectivity index (χ3n) is 3.29. The Hall–Kier alpha value is -1.40. The lowest BCUT2D eigenvalue weighted by Crippen LogP contribution is -2.47. The second kappa shape index (κ2) is 6.16. The highest BCUT2D eigenvalue weighted by Crippen LogP contribution is 2.25. The van der Waals surface area contributed by atoms with Crippen molar-refractivity contribution in [1.82, 2.24) is 4.90 Å². The Morgan fingerprint density at radius 1 is 1.53 bits per heavy atom. The first-order valence-corrected chi connectivity index (χ1v) is 7.12. The van der Waals surface area contributed by atoms with Gasteiger partial charge < -0.3 is 14.7 Å². The predicted octanol–water partition coefficient (Wildman–Crippen LogP) is 1.97. The molecule has 0 unspecified atom stereocenters. The number of rotatable bonds is 4. The average Bonchev–Trinajstić information content (AvgIpc) is 2.86. The molecule has 1 saturated heterocycles. The molecule has 0 aromatic carbocycles. The standard InChI is InChI=1S/C13H17NO4S/c1-18-8-9-5-7-19-11(9)12(15)14-6-3-2-4-10(14)13(16)17/h5,7,10H,2-4,6,8H2,1H3,(H,16,17)/t10-/m1/s1. The molecular weight excluding hydrogens is 266 g/mol. The number of piperidine rings is 1. The molecule has 0 spiro atoms. The molecule has 0 saturated carbocycles. The van der Waals surface area contributed by atoms with E-state index in [2.05, 4.69) is 0 Å². The molecule has 1 fully saturated rings. The molecule has 6 heteroatoms. The summed E-state index contributed by atoms with van der Waals surface area (Å²) in [5.41, 5.74) is 0.826. The summed E-state index contributed by atoms with van der Waals surface area (Å²) in [6, 6.07) is 1.15. The Kier molecular flexibility index (Phi) is 4.55. The largest absolute Gasteiger partial charge is 0.480 e. The number of amides is 1. The average molecular weight is 283 g/mol. The lowest BCUT2D eigenvalue weighted by Gasteiger charge is -2.32. The number of likely N-dealkylation sites (tertiary alicyclic amines) is 1. The van der Waals surface area contributed by atoms with Crippen LogP contribution in [0.1, 0.15) is 34.5 Å². The van der Waals surface area contributed by atoms with Crippen LogP contribution in [-0.2, 0) is 16.1 Å². The fourth-order valence-electron chi connectivity index (χ4n) is 2.35. The summed E-state index contributed by atoms with van der Waals surface area (Å²) < 4.78 is 5.06. The van der Waals surface area contributed by atoms with Crippen LogP contribution in [0.25, 0.3) is 0 Å². The Balaban J connectivity index is 2.21. The van der Waals surface area contributed by atoms with Gasteiger partial charge in [-0.05, 0) is 30.7 Å². The summed E-state index contributed by atoms with van der Waals surface area (Å²) in [5, 5.41) is 11.0. The maximum atomic E-state index is 12.5.